The van der Waals surface area contributed by atoms with E-state index in [9.17, 15) is 9.59 Å². The number of hydrogen-bond acceptors (Lipinski definition) is 5. The summed E-state index contributed by atoms with van der Waals surface area (Å²) in [6, 6.07) is 7.02. The van der Waals surface area contributed by atoms with Gasteiger partial charge in [0.15, 0.2) is 0 Å². The van der Waals surface area contributed by atoms with E-state index >= 15 is 0 Å². The van der Waals surface area contributed by atoms with Gasteiger partial charge in [-0.25, -0.2) is 9.97 Å². The standard InChI is InChI=1S/C23H26N4O3/c1-16-18(14-24-15-25-16)23(29)27-12-7-9-19-20(27)10-3-2-6-13-30-21-11-5-4-8-17(21)22(28)26-19/h2-5,8,11,14-15,19-20H,6-7,9-10,12-13H2,1H3,(H,26,28)/t19-,20-/m0/s1. The maximum atomic E-state index is 13.3. The number of likely N-dealkylation sites (tertiary alicyclic amines) is 1. The summed E-state index contributed by atoms with van der Waals surface area (Å²) in [6.07, 6.45) is 10.2. The van der Waals surface area contributed by atoms with Gasteiger partial charge in [-0.05, 0) is 44.7 Å². The molecule has 2 aliphatic heterocycles. The third-order valence-electron chi connectivity index (χ3n) is 5.72. The Morgan fingerprint density at radius 2 is 2.13 bits per heavy atom. The molecule has 2 amide bonds. The molecule has 156 valence electrons. The molecule has 4 rings (SSSR count). The molecular formula is C23H26N4O3. The van der Waals surface area contributed by atoms with Crippen LogP contribution in [0.25, 0.3) is 0 Å². The summed E-state index contributed by atoms with van der Waals surface area (Å²) in [5.41, 5.74) is 1.70. The Labute approximate surface area is 176 Å². The van der Waals surface area contributed by atoms with Crippen LogP contribution >= 0.6 is 0 Å². The molecule has 0 radical (unpaired) electrons. The number of carbonyl (C=O) groups is 2. The van der Waals surface area contributed by atoms with Crippen LogP contribution in [0.1, 0.15) is 52.1 Å². The third kappa shape index (κ3) is 4.20. The Hall–Kier alpha value is -3.22. The summed E-state index contributed by atoms with van der Waals surface area (Å²) in [6.45, 7) is 2.96. The van der Waals surface area contributed by atoms with Gasteiger partial charge < -0.3 is 15.0 Å². The number of benzene rings is 1. The number of ether oxygens (including phenoxy) is 1. The van der Waals surface area contributed by atoms with Crippen molar-refractivity contribution in [2.45, 2.75) is 44.7 Å². The largest absolute Gasteiger partial charge is 0.492 e. The quantitative estimate of drug-likeness (QED) is 0.736. The van der Waals surface area contributed by atoms with Crippen molar-refractivity contribution < 1.29 is 14.3 Å². The minimum absolute atomic E-state index is 0.0822. The highest BCUT2D eigenvalue weighted by Gasteiger charge is 2.36. The van der Waals surface area contributed by atoms with E-state index in [2.05, 4.69) is 27.4 Å². The molecule has 7 nitrogen and oxygen atoms in total. The summed E-state index contributed by atoms with van der Waals surface area (Å²) in [5, 5.41) is 3.17. The number of nitrogens with one attached hydrogen (secondary N) is 1. The van der Waals surface area contributed by atoms with Gasteiger partial charge in [0.05, 0.1) is 29.5 Å². The van der Waals surface area contributed by atoms with Crippen molar-refractivity contribution in [3.63, 3.8) is 0 Å². The SMILES string of the molecule is Cc1ncncc1C(=O)N1CCC[C@@H]2NC(=O)c3ccccc3OCCC=CC[C@@H]21. The second-order valence-corrected chi connectivity index (χ2v) is 7.65. The number of aryl methyl sites for hydroxylation is 1. The van der Waals surface area contributed by atoms with Crippen molar-refractivity contribution in [3.8, 4) is 5.75 Å². The number of nitrogens with zero attached hydrogens (tertiary/aromatic N) is 3. The number of carbonyl (C=O) groups excluding carboxylic acids is 2. The van der Waals surface area contributed by atoms with Gasteiger partial charge in [0.25, 0.3) is 11.8 Å². The van der Waals surface area contributed by atoms with Gasteiger partial charge in [0.2, 0.25) is 0 Å². The average Bonchev–Trinajstić information content (AvgIpc) is 2.76. The number of aromatic nitrogens is 2. The second kappa shape index (κ2) is 9.07. The lowest BCUT2D eigenvalue weighted by molar-refractivity contribution is 0.0529. The lowest BCUT2D eigenvalue weighted by Crippen LogP contribution is -2.57. The molecule has 3 heterocycles. The van der Waals surface area contributed by atoms with Crippen LogP contribution < -0.4 is 10.1 Å². The van der Waals surface area contributed by atoms with Crippen molar-refractivity contribution in [2.75, 3.05) is 13.2 Å². The van der Waals surface area contributed by atoms with Crippen molar-refractivity contribution in [3.05, 3.63) is 65.8 Å². The number of fused-ring (bicyclic) bond motifs is 2. The molecule has 0 unspecified atom stereocenters. The fourth-order valence-corrected chi connectivity index (χ4v) is 4.14. The first-order valence-electron chi connectivity index (χ1n) is 10.4. The predicted molar refractivity (Wildman–Crippen MR) is 112 cm³/mol. The topological polar surface area (TPSA) is 84.4 Å². The van der Waals surface area contributed by atoms with Gasteiger partial charge in [-0.2, -0.15) is 0 Å². The molecule has 2 atom stereocenters. The van der Waals surface area contributed by atoms with E-state index in [0.717, 1.165) is 19.3 Å². The summed E-state index contributed by atoms with van der Waals surface area (Å²) in [7, 11) is 0. The molecule has 1 aromatic heterocycles. The summed E-state index contributed by atoms with van der Waals surface area (Å²) in [4.78, 5) is 36.4. The van der Waals surface area contributed by atoms with Crippen LogP contribution in [-0.4, -0.2) is 51.9 Å². The van der Waals surface area contributed by atoms with Crippen LogP contribution in [0.15, 0.2) is 48.9 Å². The van der Waals surface area contributed by atoms with Crippen LogP contribution in [0.5, 0.6) is 5.75 Å². The fourth-order valence-electron chi connectivity index (χ4n) is 4.14. The molecule has 7 heteroatoms. The smallest absolute Gasteiger partial charge is 0.257 e. The molecule has 1 N–H and O–H groups in total. The monoisotopic (exact) mass is 406 g/mol. The van der Waals surface area contributed by atoms with Gasteiger partial charge in [-0.15, -0.1) is 0 Å². The minimum Gasteiger partial charge on any atom is -0.492 e. The fraction of sp³-hybridized carbons (Fsp3) is 0.391. The van der Waals surface area contributed by atoms with Crippen molar-refractivity contribution >= 4 is 11.8 Å². The Morgan fingerprint density at radius 1 is 1.27 bits per heavy atom. The van der Waals surface area contributed by atoms with E-state index in [-0.39, 0.29) is 23.9 Å². The Morgan fingerprint density at radius 3 is 3.00 bits per heavy atom. The Balaban J connectivity index is 1.64. The third-order valence-corrected chi connectivity index (χ3v) is 5.72. The minimum atomic E-state index is -0.168. The zero-order chi connectivity index (χ0) is 20.9. The first kappa shape index (κ1) is 20.1. The molecule has 1 fully saturated rings. The number of rotatable bonds is 1. The summed E-state index contributed by atoms with van der Waals surface area (Å²) >= 11 is 0. The molecule has 0 aliphatic carbocycles. The highest BCUT2D eigenvalue weighted by atomic mass is 16.5. The summed E-state index contributed by atoms with van der Waals surface area (Å²) in [5.74, 6) is 0.335. The van der Waals surface area contributed by atoms with Crippen LogP contribution in [0.4, 0.5) is 0 Å². The molecule has 0 saturated carbocycles. The summed E-state index contributed by atoms with van der Waals surface area (Å²) < 4.78 is 5.81. The van der Waals surface area contributed by atoms with Crippen molar-refractivity contribution in [1.29, 1.82) is 0 Å². The molecule has 1 saturated heterocycles. The van der Waals surface area contributed by atoms with E-state index in [4.69, 9.17) is 4.74 Å². The second-order valence-electron chi connectivity index (χ2n) is 7.65. The average molecular weight is 406 g/mol. The normalized spacial score (nSPS) is 21.9. The van der Waals surface area contributed by atoms with Gasteiger partial charge in [0, 0.05) is 18.8 Å². The maximum Gasteiger partial charge on any atom is 0.257 e. The first-order chi connectivity index (χ1) is 14.6. The van der Waals surface area contributed by atoms with Crippen LogP contribution in [-0.2, 0) is 0 Å². The number of piperidine rings is 1. The zero-order valence-electron chi connectivity index (χ0n) is 17.1. The van der Waals surface area contributed by atoms with Crippen molar-refractivity contribution in [2.24, 2.45) is 0 Å². The molecule has 30 heavy (non-hydrogen) atoms. The molecule has 0 spiro atoms. The maximum absolute atomic E-state index is 13.3. The number of para-hydroxylation sites is 1. The van der Waals surface area contributed by atoms with Gasteiger partial charge in [0.1, 0.15) is 12.1 Å². The lowest BCUT2D eigenvalue weighted by atomic mass is 9.92. The zero-order valence-corrected chi connectivity index (χ0v) is 17.1. The van der Waals surface area contributed by atoms with Crippen LogP contribution in [0, 0.1) is 6.92 Å². The van der Waals surface area contributed by atoms with Crippen LogP contribution in [0.2, 0.25) is 0 Å². The lowest BCUT2D eigenvalue weighted by Gasteiger charge is -2.41. The van der Waals surface area contributed by atoms with Crippen LogP contribution in [0.3, 0.4) is 0 Å². The Kier molecular flexibility index (Phi) is 6.07. The van der Waals surface area contributed by atoms with E-state index in [1.807, 2.05) is 30.0 Å². The van der Waals surface area contributed by atoms with Gasteiger partial charge in [-0.1, -0.05) is 24.3 Å². The number of hydrogen-bond donors (Lipinski definition) is 1. The molecule has 2 aromatic rings. The number of amides is 2. The Bertz CT molecular complexity index is 959. The highest BCUT2D eigenvalue weighted by molar-refractivity contribution is 5.97. The van der Waals surface area contributed by atoms with Crippen molar-refractivity contribution in [1.82, 2.24) is 20.2 Å². The predicted octanol–water partition coefficient (Wildman–Crippen LogP) is 2.92. The van der Waals surface area contributed by atoms with Gasteiger partial charge in [-0.3, -0.25) is 9.59 Å². The molecule has 2 aliphatic rings. The molecule has 1 aromatic carbocycles. The highest BCUT2D eigenvalue weighted by Crippen LogP contribution is 2.26. The molecule has 0 bridgehead atoms. The van der Waals surface area contributed by atoms with E-state index in [1.54, 1.807) is 12.3 Å². The first-order valence-corrected chi connectivity index (χ1v) is 10.4. The van der Waals surface area contributed by atoms with E-state index < -0.39 is 0 Å². The molecular weight excluding hydrogens is 380 g/mol. The van der Waals surface area contributed by atoms with Gasteiger partial charge >= 0.3 is 0 Å². The van der Waals surface area contributed by atoms with E-state index in [0.29, 0.717) is 42.1 Å². The van der Waals surface area contributed by atoms with E-state index in [1.165, 1.54) is 6.33 Å².